The van der Waals surface area contributed by atoms with Crippen molar-refractivity contribution in [1.82, 2.24) is 19.7 Å². The Labute approximate surface area is 198 Å². The van der Waals surface area contributed by atoms with Crippen LogP contribution in [0.3, 0.4) is 0 Å². The van der Waals surface area contributed by atoms with Gasteiger partial charge in [-0.15, -0.1) is 21.5 Å². The van der Waals surface area contributed by atoms with Crippen molar-refractivity contribution in [2.45, 2.75) is 17.8 Å². The molecule has 0 fully saturated rings. The Morgan fingerprint density at radius 1 is 1.16 bits per heavy atom. The van der Waals surface area contributed by atoms with Gasteiger partial charge in [-0.2, -0.15) is 0 Å². The van der Waals surface area contributed by atoms with Crippen LogP contribution in [-0.2, 0) is 10.5 Å². The molecule has 0 unspecified atom stereocenters. The van der Waals surface area contributed by atoms with Crippen molar-refractivity contribution in [3.8, 4) is 22.8 Å². The number of aromatic nitrogens is 4. The summed E-state index contributed by atoms with van der Waals surface area (Å²) >= 11 is 9.32. The zero-order valence-corrected chi connectivity index (χ0v) is 19.7. The Balaban J connectivity index is 1.70. The molecule has 2 aromatic heterocycles. The number of rotatable bonds is 8. The third kappa shape index (κ3) is 4.64. The SMILES string of the molecule is CCOC(=O)c1csc(CSc2nnc(-c3ccccc3Cl)n2-c2ccccc2OC)n1. The average Bonchev–Trinajstić information content (AvgIpc) is 3.45. The molecule has 4 rings (SSSR count). The Bertz CT molecular complexity index is 1240. The van der Waals surface area contributed by atoms with E-state index in [-0.39, 0.29) is 0 Å². The van der Waals surface area contributed by atoms with Crippen molar-refractivity contribution in [3.05, 3.63) is 69.6 Å². The molecule has 0 bridgehead atoms. The van der Waals surface area contributed by atoms with Gasteiger partial charge in [0.2, 0.25) is 0 Å². The third-order valence-electron chi connectivity index (χ3n) is 4.44. The van der Waals surface area contributed by atoms with E-state index in [0.29, 0.717) is 39.8 Å². The number of thiazole rings is 1. The number of hydrogen-bond donors (Lipinski definition) is 0. The molecule has 0 atom stereocenters. The fourth-order valence-corrected chi connectivity index (χ4v) is 4.96. The van der Waals surface area contributed by atoms with Gasteiger partial charge in [0, 0.05) is 10.9 Å². The molecule has 7 nitrogen and oxygen atoms in total. The molecule has 2 heterocycles. The Morgan fingerprint density at radius 2 is 1.94 bits per heavy atom. The topological polar surface area (TPSA) is 79.1 Å². The summed E-state index contributed by atoms with van der Waals surface area (Å²) in [4.78, 5) is 16.3. The van der Waals surface area contributed by atoms with E-state index in [0.717, 1.165) is 16.3 Å². The molecular weight excluding hydrogens is 468 g/mol. The van der Waals surface area contributed by atoms with Crippen LogP contribution < -0.4 is 4.74 Å². The third-order valence-corrected chi connectivity index (χ3v) is 6.74. The highest BCUT2D eigenvalue weighted by molar-refractivity contribution is 7.98. The smallest absolute Gasteiger partial charge is 0.357 e. The molecule has 0 N–H and O–H groups in total. The van der Waals surface area contributed by atoms with Crippen LogP contribution in [0.1, 0.15) is 22.4 Å². The molecule has 10 heteroatoms. The van der Waals surface area contributed by atoms with Gasteiger partial charge in [0.05, 0.1) is 30.2 Å². The minimum absolute atomic E-state index is 0.313. The number of para-hydroxylation sites is 2. The van der Waals surface area contributed by atoms with Crippen LogP contribution in [0.5, 0.6) is 5.75 Å². The van der Waals surface area contributed by atoms with Gasteiger partial charge < -0.3 is 9.47 Å². The van der Waals surface area contributed by atoms with Crippen LogP contribution in [0.15, 0.2) is 59.1 Å². The molecule has 0 saturated carbocycles. The molecule has 0 aliphatic carbocycles. The van der Waals surface area contributed by atoms with E-state index in [1.54, 1.807) is 19.4 Å². The monoisotopic (exact) mass is 486 g/mol. The molecule has 0 aliphatic rings. The fourth-order valence-electron chi connectivity index (χ4n) is 3.01. The van der Waals surface area contributed by atoms with Crippen molar-refractivity contribution in [2.75, 3.05) is 13.7 Å². The highest BCUT2D eigenvalue weighted by Crippen LogP contribution is 2.36. The Kier molecular flexibility index (Phi) is 7.09. The summed E-state index contributed by atoms with van der Waals surface area (Å²) < 4.78 is 12.5. The second-order valence-corrected chi connectivity index (χ2v) is 8.72. The van der Waals surface area contributed by atoms with E-state index in [4.69, 9.17) is 21.1 Å². The number of halogens is 1. The first-order valence-electron chi connectivity index (χ1n) is 9.70. The van der Waals surface area contributed by atoms with E-state index in [2.05, 4.69) is 15.2 Å². The molecule has 0 aliphatic heterocycles. The van der Waals surface area contributed by atoms with Gasteiger partial charge in [-0.05, 0) is 31.2 Å². The minimum Gasteiger partial charge on any atom is -0.495 e. The van der Waals surface area contributed by atoms with Crippen LogP contribution in [0.4, 0.5) is 0 Å². The van der Waals surface area contributed by atoms with Gasteiger partial charge in [-0.1, -0.05) is 47.6 Å². The molecule has 32 heavy (non-hydrogen) atoms. The van der Waals surface area contributed by atoms with Gasteiger partial charge in [0.15, 0.2) is 16.7 Å². The summed E-state index contributed by atoms with van der Waals surface area (Å²) in [5.41, 5.74) is 1.87. The summed E-state index contributed by atoms with van der Waals surface area (Å²) in [6.07, 6.45) is 0. The normalized spacial score (nSPS) is 10.8. The molecule has 0 radical (unpaired) electrons. The first kappa shape index (κ1) is 22.3. The summed E-state index contributed by atoms with van der Waals surface area (Å²) in [6.45, 7) is 2.08. The lowest BCUT2D eigenvalue weighted by Crippen LogP contribution is -2.05. The molecule has 0 spiro atoms. The molecular formula is C22H19ClN4O3S2. The number of hydrogen-bond acceptors (Lipinski definition) is 8. The van der Waals surface area contributed by atoms with E-state index < -0.39 is 5.97 Å². The highest BCUT2D eigenvalue weighted by atomic mass is 35.5. The zero-order chi connectivity index (χ0) is 22.5. The number of benzene rings is 2. The maximum atomic E-state index is 11.9. The summed E-state index contributed by atoms with van der Waals surface area (Å²) in [5.74, 6) is 1.38. The number of esters is 1. The summed E-state index contributed by atoms with van der Waals surface area (Å²) in [5, 5.41) is 12.6. The quantitative estimate of drug-likeness (QED) is 0.239. The molecule has 0 saturated heterocycles. The van der Waals surface area contributed by atoms with Crippen LogP contribution >= 0.6 is 34.7 Å². The number of methoxy groups -OCH3 is 1. The van der Waals surface area contributed by atoms with Gasteiger partial charge in [-0.25, -0.2) is 9.78 Å². The zero-order valence-electron chi connectivity index (χ0n) is 17.3. The maximum absolute atomic E-state index is 11.9. The second-order valence-electron chi connectivity index (χ2n) is 6.43. The van der Waals surface area contributed by atoms with E-state index in [1.165, 1.54) is 23.1 Å². The lowest BCUT2D eigenvalue weighted by molar-refractivity contribution is 0.0520. The van der Waals surface area contributed by atoms with Gasteiger partial charge in [0.25, 0.3) is 0 Å². The molecule has 4 aromatic rings. The lowest BCUT2D eigenvalue weighted by Gasteiger charge is -2.14. The van der Waals surface area contributed by atoms with Gasteiger partial charge >= 0.3 is 5.97 Å². The number of ether oxygens (including phenoxy) is 2. The first-order chi connectivity index (χ1) is 15.6. The van der Waals surface area contributed by atoms with Crippen LogP contribution in [0, 0.1) is 0 Å². The predicted molar refractivity (Wildman–Crippen MR) is 126 cm³/mol. The van der Waals surface area contributed by atoms with E-state index >= 15 is 0 Å². The minimum atomic E-state index is -0.418. The number of nitrogens with zero attached hydrogens (tertiary/aromatic N) is 4. The second kappa shape index (κ2) is 10.2. The standard InChI is InChI=1S/C22H19ClN4O3S2/c1-3-30-21(28)16-12-31-19(24-16)13-32-22-26-25-20(14-8-4-5-9-15(14)23)27(22)17-10-6-7-11-18(17)29-2/h4-12H,3,13H2,1-2H3. The van der Waals surface area contributed by atoms with Crippen molar-refractivity contribution in [2.24, 2.45) is 0 Å². The summed E-state index contributed by atoms with van der Waals surface area (Å²) in [7, 11) is 1.62. The van der Waals surface area contributed by atoms with Crippen molar-refractivity contribution in [1.29, 1.82) is 0 Å². The Hall–Kier alpha value is -2.88. The van der Waals surface area contributed by atoms with Crippen molar-refractivity contribution < 1.29 is 14.3 Å². The first-order valence-corrected chi connectivity index (χ1v) is 11.9. The number of carbonyl (C=O) groups excluding carboxylic acids is 1. The fraction of sp³-hybridized carbons (Fsp3) is 0.182. The van der Waals surface area contributed by atoms with E-state index in [9.17, 15) is 4.79 Å². The van der Waals surface area contributed by atoms with Gasteiger partial charge in [-0.3, -0.25) is 4.57 Å². The maximum Gasteiger partial charge on any atom is 0.357 e. The largest absolute Gasteiger partial charge is 0.495 e. The van der Waals surface area contributed by atoms with Crippen molar-refractivity contribution >= 4 is 40.7 Å². The lowest BCUT2D eigenvalue weighted by atomic mass is 10.2. The predicted octanol–water partition coefficient (Wildman–Crippen LogP) is 5.52. The average molecular weight is 487 g/mol. The Morgan fingerprint density at radius 3 is 2.72 bits per heavy atom. The molecule has 2 aromatic carbocycles. The molecule has 0 amide bonds. The van der Waals surface area contributed by atoms with Gasteiger partial charge in [0.1, 0.15) is 10.8 Å². The van der Waals surface area contributed by atoms with Crippen LogP contribution in [0.25, 0.3) is 17.1 Å². The molecule has 164 valence electrons. The van der Waals surface area contributed by atoms with Crippen LogP contribution in [0.2, 0.25) is 5.02 Å². The van der Waals surface area contributed by atoms with Crippen LogP contribution in [-0.4, -0.2) is 39.4 Å². The van der Waals surface area contributed by atoms with Crippen molar-refractivity contribution in [3.63, 3.8) is 0 Å². The van der Waals surface area contributed by atoms with E-state index in [1.807, 2.05) is 53.1 Å². The summed E-state index contributed by atoms with van der Waals surface area (Å²) in [6, 6.07) is 15.1. The number of carbonyl (C=O) groups is 1. The number of thioether (sulfide) groups is 1. The highest BCUT2D eigenvalue weighted by Gasteiger charge is 2.21.